The minimum Gasteiger partial charge on any atom is -0.299 e. The molecule has 1 saturated carbocycles. The van der Waals surface area contributed by atoms with E-state index in [1.165, 1.54) is 0 Å². The van der Waals surface area contributed by atoms with Gasteiger partial charge < -0.3 is 0 Å². The van der Waals surface area contributed by atoms with Crippen LogP contribution in [0.2, 0.25) is 0 Å². The van der Waals surface area contributed by atoms with E-state index in [1.54, 1.807) is 0 Å². The largest absolute Gasteiger partial charge is 0.299 e. The summed E-state index contributed by atoms with van der Waals surface area (Å²) in [5.74, 6) is -12.2. The van der Waals surface area contributed by atoms with E-state index in [9.17, 15) is 35.6 Å². The van der Waals surface area contributed by atoms with Crippen LogP contribution in [0.5, 0.6) is 0 Å². The fourth-order valence-corrected chi connectivity index (χ4v) is 2.82. The van der Waals surface area contributed by atoms with Gasteiger partial charge in [-0.1, -0.05) is 4.47 Å². The molecule has 106 valence electrons. The number of halogens is 5. The molecule has 19 heavy (non-hydrogen) atoms. The van der Waals surface area contributed by atoms with Gasteiger partial charge >= 0.3 is 0 Å². The molecule has 2 rings (SSSR count). The van der Waals surface area contributed by atoms with Crippen molar-refractivity contribution >= 4 is 10.0 Å². The molecule has 1 aliphatic rings. The van der Waals surface area contributed by atoms with Crippen molar-refractivity contribution in [2.45, 2.75) is 23.8 Å². The van der Waals surface area contributed by atoms with Gasteiger partial charge in [0.2, 0.25) is 5.82 Å². The van der Waals surface area contributed by atoms with Crippen LogP contribution in [0.15, 0.2) is 4.90 Å². The Morgan fingerprint density at radius 3 is 1.63 bits per heavy atom. The Labute approximate surface area is 104 Å². The Bertz CT molecular complexity index is 615. The van der Waals surface area contributed by atoms with E-state index in [1.807, 2.05) is 0 Å². The van der Waals surface area contributed by atoms with E-state index in [0.29, 0.717) is 0 Å². The lowest BCUT2D eigenvalue weighted by Gasteiger charge is -2.15. The molecule has 0 bridgehead atoms. The zero-order valence-corrected chi connectivity index (χ0v) is 9.82. The van der Waals surface area contributed by atoms with Crippen molar-refractivity contribution in [2.24, 2.45) is 0 Å². The lowest BCUT2D eigenvalue weighted by Crippen LogP contribution is -2.32. The quantitative estimate of drug-likeness (QED) is 0.402. The first kappa shape index (κ1) is 14.2. The van der Waals surface area contributed by atoms with Crippen LogP contribution < -0.4 is 0 Å². The third-order valence-corrected chi connectivity index (χ3v) is 4.20. The van der Waals surface area contributed by atoms with Crippen LogP contribution in [0.3, 0.4) is 0 Å². The first-order valence-corrected chi connectivity index (χ1v) is 6.38. The molecule has 4 nitrogen and oxygen atoms in total. The van der Waals surface area contributed by atoms with Gasteiger partial charge in [-0.2, -0.15) is 0 Å². The maximum absolute atomic E-state index is 13.3. The Morgan fingerprint density at radius 1 is 0.895 bits per heavy atom. The summed E-state index contributed by atoms with van der Waals surface area (Å²) in [5, 5.41) is 9.24. The Morgan fingerprint density at radius 2 is 1.26 bits per heavy atom. The number of hydroxylamine groups is 1. The van der Waals surface area contributed by atoms with Gasteiger partial charge in [0.05, 0.1) is 6.04 Å². The lowest BCUT2D eigenvalue weighted by atomic mass is 10.3. The molecule has 0 saturated heterocycles. The van der Waals surface area contributed by atoms with Crippen LogP contribution in [-0.4, -0.2) is 24.1 Å². The second-order valence-electron chi connectivity index (χ2n) is 3.91. The topological polar surface area (TPSA) is 57.6 Å². The Hall–Kier alpha value is -1.26. The normalized spacial score (nSPS) is 16.2. The second-order valence-corrected chi connectivity index (χ2v) is 5.64. The van der Waals surface area contributed by atoms with Gasteiger partial charge in [-0.05, 0) is 12.8 Å². The number of benzene rings is 1. The monoisotopic (exact) mass is 303 g/mol. The molecular weight excluding hydrogens is 297 g/mol. The molecule has 1 N–H and O–H groups in total. The minimum absolute atomic E-state index is 0.227. The molecule has 0 unspecified atom stereocenters. The van der Waals surface area contributed by atoms with Gasteiger partial charge in [-0.15, -0.1) is 0 Å². The zero-order valence-electron chi connectivity index (χ0n) is 9.00. The van der Waals surface area contributed by atoms with E-state index in [2.05, 4.69) is 0 Å². The molecule has 0 atom stereocenters. The van der Waals surface area contributed by atoms with Crippen molar-refractivity contribution in [1.82, 2.24) is 4.47 Å². The standard InChI is InChI=1S/C9H6F5NO3S/c10-4-5(11)7(13)9(8(14)6(4)12)19(17,18)15(16)3-1-2-3/h3,16H,1-2H2. The van der Waals surface area contributed by atoms with Crippen LogP contribution in [-0.2, 0) is 10.0 Å². The number of sulfonamides is 1. The SMILES string of the molecule is O=S(=O)(c1c(F)c(F)c(F)c(F)c1F)N(O)C1CC1. The Balaban J connectivity index is 2.69. The van der Waals surface area contributed by atoms with Crippen molar-refractivity contribution in [1.29, 1.82) is 0 Å². The summed E-state index contributed by atoms with van der Waals surface area (Å²) in [6.07, 6.45) is 0.455. The number of hydrogen-bond donors (Lipinski definition) is 1. The van der Waals surface area contributed by atoms with E-state index < -0.39 is 50.0 Å². The maximum Gasteiger partial charge on any atom is 0.271 e. The third kappa shape index (κ3) is 2.09. The molecule has 1 aromatic carbocycles. The summed E-state index contributed by atoms with van der Waals surface area (Å²) < 4.78 is 88.0. The molecule has 0 spiro atoms. The van der Waals surface area contributed by atoms with Crippen molar-refractivity contribution in [3.05, 3.63) is 29.1 Å². The van der Waals surface area contributed by atoms with Crippen molar-refractivity contribution in [3.63, 3.8) is 0 Å². The summed E-state index contributed by atoms with van der Waals surface area (Å²) in [4.78, 5) is -2.06. The number of hydrogen-bond acceptors (Lipinski definition) is 3. The van der Waals surface area contributed by atoms with E-state index in [-0.39, 0.29) is 17.3 Å². The number of rotatable bonds is 3. The Kier molecular flexibility index (Phi) is 3.27. The summed E-state index contributed by atoms with van der Waals surface area (Å²) in [7, 11) is -5.21. The van der Waals surface area contributed by atoms with Crippen molar-refractivity contribution < 1.29 is 35.6 Å². The fraction of sp³-hybridized carbons (Fsp3) is 0.333. The van der Waals surface area contributed by atoms with Crippen molar-refractivity contribution in [3.8, 4) is 0 Å². The molecule has 1 aliphatic carbocycles. The average Bonchev–Trinajstić information content (AvgIpc) is 3.17. The zero-order chi connectivity index (χ0) is 14.5. The molecule has 0 amide bonds. The highest BCUT2D eigenvalue weighted by Gasteiger charge is 2.42. The highest BCUT2D eigenvalue weighted by atomic mass is 32.2. The molecule has 0 aliphatic heterocycles. The molecule has 0 aromatic heterocycles. The van der Waals surface area contributed by atoms with Crippen LogP contribution in [0.4, 0.5) is 22.0 Å². The molecule has 1 fully saturated rings. The van der Waals surface area contributed by atoms with Gasteiger partial charge in [0, 0.05) is 0 Å². The van der Waals surface area contributed by atoms with E-state index in [0.717, 1.165) is 0 Å². The van der Waals surface area contributed by atoms with E-state index >= 15 is 0 Å². The fourth-order valence-electron chi connectivity index (χ4n) is 1.40. The predicted octanol–water partition coefficient (Wildman–Crippen LogP) is 1.92. The first-order chi connectivity index (χ1) is 8.69. The minimum atomic E-state index is -5.21. The first-order valence-electron chi connectivity index (χ1n) is 4.94. The van der Waals surface area contributed by atoms with Gasteiger partial charge in [0.15, 0.2) is 28.2 Å². The third-order valence-electron chi connectivity index (χ3n) is 2.53. The number of nitrogens with zero attached hydrogens (tertiary/aromatic N) is 1. The second kappa shape index (κ2) is 4.39. The van der Waals surface area contributed by atoms with Crippen LogP contribution >= 0.6 is 0 Å². The van der Waals surface area contributed by atoms with Crippen molar-refractivity contribution in [2.75, 3.05) is 0 Å². The molecular formula is C9H6F5NO3S. The highest BCUT2D eigenvalue weighted by Crippen LogP contribution is 2.34. The van der Waals surface area contributed by atoms with Gasteiger partial charge in [-0.3, -0.25) is 5.21 Å². The van der Waals surface area contributed by atoms with Crippen LogP contribution in [0.1, 0.15) is 12.8 Å². The highest BCUT2D eigenvalue weighted by molar-refractivity contribution is 7.89. The van der Waals surface area contributed by atoms with Gasteiger partial charge in [0.25, 0.3) is 10.0 Å². The summed E-state index contributed by atoms with van der Waals surface area (Å²) in [5.41, 5.74) is 0. The van der Waals surface area contributed by atoms with Gasteiger partial charge in [0.1, 0.15) is 0 Å². The summed E-state index contributed by atoms with van der Waals surface area (Å²) in [6.45, 7) is 0. The smallest absolute Gasteiger partial charge is 0.271 e. The predicted molar refractivity (Wildman–Crippen MR) is 50.1 cm³/mol. The summed E-state index contributed by atoms with van der Waals surface area (Å²) >= 11 is 0. The van der Waals surface area contributed by atoms with Crippen LogP contribution in [0, 0.1) is 29.1 Å². The maximum atomic E-state index is 13.3. The van der Waals surface area contributed by atoms with Crippen LogP contribution in [0.25, 0.3) is 0 Å². The molecule has 10 heteroatoms. The van der Waals surface area contributed by atoms with Gasteiger partial charge in [-0.25, -0.2) is 30.4 Å². The molecule has 1 aromatic rings. The molecule has 0 radical (unpaired) electrons. The van der Waals surface area contributed by atoms with E-state index in [4.69, 9.17) is 0 Å². The average molecular weight is 303 g/mol. The lowest BCUT2D eigenvalue weighted by molar-refractivity contribution is -0.00562. The molecule has 0 heterocycles. The summed E-state index contributed by atoms with van der Waals surface area (Å²) in [6, 6.07) is -0.917.